The summed E-state index contributed by atoms with van der Waals surface area (Å²) in [6, 6.07) is 5.86. The predicted octanol–water partition coefficient (Wildman–Crippen LogP) is 5.64. The second-order valence-electron chi connectivity index (χ2n) is 7.05. The van der Waals surface area contributed by atoms with Crippen molar-refractivity contribution >= 4 is 27.4 Å². The summed E-state index contributed by atoms with van der Waals surface area (Å²) in [4.78, 5) is 13.8. The highest BCUT2D eigenvalue weighted by molar-refractivity contribution is 7.18. The standard InChI is InChI=1S/C24H24N6S/c1-4-7-17(5-2)8-6-12-26-24-22-21(19(16-31-22)20-11-15-30(3)29-20)27-23(28-24)18-9-13-25-14-10-18/h4-5,7,9-11,13-16H,1-2,6,8,12H2,3H3,(H,26,27,28)/b17-7+. The van der Waals surface area contributed by atoms with E-state index in [4.69, 9.17) is 9.97 Å². The number of anilines is 1. The van der Waals surface area contributed by atoms with Crippen molar-refractivity contribution in [3.05, 3.63) is 79.1 Å². The van der Waals surface area contributed by atoms with Crippen LogP contribution >= 0.6 is 11.3 Å². The predicted molar refractivity (Wildman–Crippen MR) is 129 cm³/mol. The van der Waals surface area contributed by atoms with E-state index in [1.165, 1.54) is 5.57 Å². The van der Waals surface area contributed by atoms with Crippen LogP contribution in [0.4, 0.5) is 5.82 Å². The quantitative estimate of drug-likeness (QED) is 0.276. The second kappa shape index (κ2) is 9.49. The molecule has 0 unspecified atom stereocenters. The first kappa shape index (κ1) is 20.7. The molecule has 0 saturated carbocycles. The molecular formula is C24H24N6S. The van der Waals surface area contributed by atoms with Crippen molar-refractivity contribution in [3.8, 4) is 22.6 Å². The average Bonchev–Trinajstić information content (AvgIpc) is 3.42. The van der Waals surface area contributed by atoms with Crippen molar-refractivity contribution in [1.29, 1.82) is 0 Å². The van der Waals surface area contributed by atoms with E-state index in [2.05, 4.69) is 33.9 Å². The Morgan fingerprint density at radius 1 is 1.19 bits per heavy atom. The van der Waals surface area contributed by atoms with Crippen molar-refractivity contribution in [2.45, 2.75) is 12.8 Å². The Labute approximate surface area is 185 Å². The van der Waals surface area contributed by atoms with Gasteiger partial charge in [0.2, 0.25) is 0 Å². The summed E-state index contributed by atoms with van der Waals surface area (Å²) in [5.74, 6) is 1.52. The van der Waals surface area contributed by atoms with Crippen LogP contribution in [-0.4, -0.2) is 31.3 Å². The topological polar surface area (TPSA) is 68.5 Å². The normalized spacial score (nSPS) is 11.6. The number of nitrogens with zero attached hydrogens (tertiary/aromatic N) is 5. The summed E-state index contributed by atoms with van der Waals surface area (Å²) >= 11 is 1.64. The Bertz CT molecular complexity index is 1240. The molecule has 0 aliphatic carbocycles. The molecule has 4 aromatic rings. The molecule has 0 atom stereocenters. The van der Waals surface area contributed by atoms with Gasteiger partial charge < -0.3 is 5.32 Å². The molecule has 4 rings (SSSR count). The monoisotopic (exact) mass is 428 g/mol. The van der Waals surface area contributed by atoms with Crippen LogP contribution in [0.25, 0.3) is 32.9 Å². The molecule has 0 spiro atoms. The Morgan fingerprint density at radius 2 is 2.03 bits per heavy atom. The van der Waals surface area contributed by atoms with Gasteiger partial charge in [0.25, 0.3) is 0 Å². The molecule has 0 fully saturated rings. The Hall–Kier alpha value is -3.58. The van der Waals surface area contributed by atoms with Gasteiger partial charge in [0.15, 0.2) is 5.82 Å². The highest BCUT2D eigenvalue weighted by Gasteiger charge is 2.17. The summed E-state index contributed by atoms with van der Waals surface area (Å²) in [6.07, 6.45) is 13.0. The summed E-state index contributed by atoms with van der Waals surface area (Å²) in [5.41, 5.74) is 4.94. The first-order valence-electron chi connectivity index (χ1n) is 10.1. The molecule has 4 aromatic heterocycles. The van der Waals surface area contributed by atoms with Crippen molar-refractivity contribution < 1.29 is 0 Å². The summed E-state index contributed by atoms with van der Waals surface area (Å²) < 4.78 is 2.83. The van der Waals surface area contributed by atoms with E-state index in [0.29, 0.717) is 5.82 Å². The van der Waals surface area contributed by atoms with Gasteiger partial charge >= 0.3 is 0 Å². The van der Waals surface area contributed by atoms with Crippen LogP contribution < -0.4 is 5.32 Å². The molecule has 0 aliphatic heterocycles. The fraction of sp³-hybridized carbons (Fsp3) is 0.167. The lowest BCUT2D eigenvalue weighted by Gasteiger charge is -2.10. The highest BCUT2D eigenvalue weighted by Crippen LogP contribution is 2.36. The van der Waals surface area contributed by atoms with Crippen molar-refractivity contribution in [2.75, 3.05) is 11.9 Å². The Morgan fingerprint density at radius 3 is 2.74 bits per heavy atom. The zero-order chi connectivity index (χ0) is 21.6. The lowest BCUT2D eigenvalue weighted by molar-refractivity contribution is 0.771. The molecule has 0 aliphatic rings. The number of rotatable bonds is 9. The van der Waals surface area contributed by atoms with Gasteiger partial charge in [0, 0.05) is 48.7 Å². The zero-order valence-electron chi connectivity index (χ0n) is 17.5. The molecule has 1 N–H and O–H groups in total. The van der Waals surface area contributed by atoms with Crippen LogP contribution in [0, 0.1) is 0 Å². The summed E-state index contributed by atoms with van der Waals surface area (Å²) in [6.45, 7) is 8.42. The van der Waals surface area contributed by atoms with E-state index in [1.807, 2.05) is 43.6 Å². The van der Waals surface area contributed by atoms with E-state index < -0.39 is 0 Å². The molecule has 4 heterocycles. The van der Waals surface area contributed by atoms with Crippen LogP contribution in [0.5, 0.6) is 0 Å². The summed E-state index contributed by atoms with van der Waals surface area (Å²) in [7, 11) is 1.92. The zero-order valence-corrected chi connectivity index (χ0v) is 18.3. The minimum atomic E-state index is 0.673. The van der Waals surface area contributed by atoms with Crippen molar-refractivity contribution in [1.82, 2.24) is 24.7 Å². The third-order valence-electron chi connectivity index (χ3n) is 4.87. The third-order valence-corrected chi connectivity index (χ3v) is 5.85. The number of aromatic nitrogens is 5. The average molecular weight is 429 g/mol. The number of hydrogen-bond acceptors (Lipinski definition) is 6. The first-order valence-corrected chi connectivity index (χ1v) is 10.9. The number of fused-ring (bicyclic) bond motifs is 1. The maximum absolute atomic E-state index is 4.89. The molecule has 0 bridgehead atoms. The van der Waals surface area contributed by atoms with Gasteiger partial charge in [-0.1, -0.05) is 31.4 Å². The Balaban J connectivity index is 1.68. The van der Waals surface area contributed by atoms with Crippen LogP contribution in [0.3, 0.4) is 0 Å². The lowest BCUT2D eigenvalue weighted by Crippen LogP contribution is -2.05. The van der Waals surface area contributed by atoms with Crippen LogP contribution in [0.2, 0.25) is 0 Å². The molecule has 156 valence electrons. The SMILES string of the molecule is C=C/C=C(\C=C)CCCNc1nc(-c2ccncc2)nc2c(-c3ccn(C)n3)csc12. The maximum atomic E-state index is 4.89. The minimum Gasteiger partial charge on any atom is -0.369 e. The molecule has 0 aromatic carbocycles. The molecule has 0 amide bonds. The fourth-order valence-electron chi connectivity index (χ4n) is 3.31. The number of nitrogens with one attached hydrogen (secondary N) is 1. The largest absolute Gasteiger partial charge is 0.369 e. The van der Waals surface area contributed by atoms with Gasteiger partial charge in [-0.2, -0.15) is 5.10 Å². The van der Waals surface area contributed by atoms with Gasteiger partial charge in [-0.15, -0.1) is 11.3 Å². The lowest BCUT2D eigenvalue weighted by atomic mass is 10.1. The number of aryl methyl sites for hydroxylation is 1. The van der Waals surface area contributed by atoms with E-state index in [1.54, 1.807) is 34.5 Å². The maximum Gasteiger partial charge on any atom is 0.162 e. The number of allylic oxidation sites excluding steroid dienone is 4. The van der Waals surface area contributed by atoms with Crippen LogP contribution in [0.15, 0.2) is 79.1 Å². The van der Waals surface area contributed by atoms with E-state index in [0.717, 1.165) is 52.2 Å². The van der Waals surface area contributed by atoms with Gasteiger partial charge in [-0.3, -0.25) is 9.67 Å². The third kappa shape index (κ3) is 4.62. The van der Waals surface area contributed by atoms with E-state index in [9.17, 15) is 0 Å². The van der Waals surface area contributed by atoms with Gasteiger partial charge in [-0.05, 0) is 36.6 Å². The smallest absolute Gasteiger partial charge is 0.162 e. The van der Waals surface area contributed by atoms with Gasteiger partial charge in [0.05, 0.1) is 15.9 Å². The minimum absolute atomic E-state index is 0.673. The Kier molecular flexibility index (Phi) is 6.33. The van der Waals surface area contributed by atoms with Crippen molar-refractivity contribution in [3.63, 3.8) is 0 Å². The first-order chi connectivity index (χ1) is 15.2. The van der Waals surface area contributed by atoms with Gasteiger partial charge in [0.1, 0.15) is 5.82 Å². The second-order valence-corrected chi connectivity index (χ2v) is 7.92. The molecular weight excluding hydrogens is 404 g/mol. The van der Waals surface area contributed by atoms with E-state index >= 15 is 0 Å². The highest BCUT2D eigenvalue weighted by atomic mass is 32.1. The number of thiophene rings is 1. The van der Waals surface area contributed by atoms with E-state index in [-0.39, 0.29) is 0 Å². The fourth-order valence-corrected chi connectivity index (χ4v) is 4.28. The number of hydrogen-bond donors (Lipinski definition) is 1. The molecule has 0 saturated heterocycles. The molecule has 0 radical (unpaired) electrons. The molecule has 6 nitrogen and oxygen atoms in total. The molecule has 31 heavy (non-hydrogen) atoms. The summed E-state index contributed by atoms with van der Waals surface area (Å²) in [5, 5.41) is 10.2. The van der Waals surface area contributed by atoms with Crippen LogP contribution in [0.1, 0.15) is 12.8 Å². The van der Waals surface area contributed by atoms with Crippen LogP contribution in [-0.2, 0) is 7.05 Å². The van der Waals surface area contributed by atoms with Gasteiger partial charge in [-0.25, -0.2) is 9.97 Å². The molecule has 7 heteroatoms. The number of pyridine rings is 1. The van der Waals surface area contributed by atoms with Crippen molar-refractivity contribution in [2.24, 2.45) is 7.05 Å².